The topological polar surface area (TPSA) is 36.4 Å². The first kappa shape index (κ1) is 17.0. The largest absolute Gasteiger partial charge is 0.353 e. The van der Waals surface area contributed by atoms with E-state index >= 15 is 0 Å². The summed E-state index contributed by atoms with van der Waals surface area (Å²) in [6.45, 7) is 3.45. The Hall–Kier alpha value is -1.10. The monoisotopic (exact) mass is 417 g/mol. The molecule has 0 radical (unpaired) electrons. The number of pyridine rings is 1. The van der Waals surface area contributed by atoms with Crippen molar-refractivity contribution in [1.29, 1.82) is 0 Å². The molecular weight excluding hydrogens is 390 g/mol. The van der Waals surface area contributed by atoms with Gasteiger partial charge in [-0.05, 0) is 67.9 Å². The van der Waals surface area contributed by atoms with Gasteiger partial charge in [-0.3, -0.25) is 4.79 Å². The van der Waals surface area contributed by atoms with E-state index in [0.29, 0.717) is 10.2 Å². The third kappa shape index (κ3) is 3.06. The lowest BCUT2D eigenvalue weighted by Gasteiger charge is -2.60. The van der Waals surface area contributed by atoms with Crippen molar-refractivity contribution in [2.75, 3.05) is 31.1 Å². The van der Waals surface area contributed by atoms with Crippen molar-refractivity contribution in [1.82, 2.24) is 9.88 Å². The number of hydrogen-bond donors (Lipinski definition) is 0. The van der Waals surface area contributed by atoms with Crippen molar-refractivity contribution in [2.45, 2.75) is 49.3 Å². The fourth-order valence-corrected chi connectivity index (χ4v) is 8.21. The number of anilines is 1. The molecule has 0 N–H and O–H groups in total. The number of aromatic nitrogens is 1. The third-order valence-corrected chi connectivity index (χ3v) is 8.17. The van der Waals surface area contributed by atoms with E-state index in [0.717, 1.165) is 50.3 Å². The first-order valence-corrected chi connectivity index (χ1v) is 10.9. The zero-order chi connectivity index (χ0) is 17.8. The third-order valence-electron chi connectivity index (χ3n) is 7.24. The smallest absolute Gasteiger partial charge is 0.223 e. The minimum Gasteiger partial charge on any atom is -0.353 e. The molecule has 4 aliphatic carbocycles. The van der Waals surface area contributed by atoms with Gasteiger partial charge in [0.25, 0.3) is 0 Å². The summed E-state index contributed by atoms with van der Waals surface area (Å²) in [4.78, 5) is 22.0. The average molecular weight is 418 g/mol. The van der Waals surface area contributed by atoms with Gasteiger partial charge in [0.05, 0.1) is 0 Å². The van der Waals surface area contributed by atoms with E-state index in [1.165, 1.54) is 38.5 Å². The van der Waals surface area contributed by atoms with Crippen molar-refractivity contribution >= 4 is 27.7 Å². The fourth-order valence-electron chi connectivity index (χ4n) is 6.70. The van der Waals surface area contributed by atoms with Crippen LogP contribution < -0.4 is 4.90 Å². The van der Waals surface area contributed by atoms with E-state index in [4.69, 9.17) is 0 Å². The number of amides is 1. The molecule has 4 saturated carbocycles. The molecule has 1 amide bonds. The number of nitrogens with zero attached hydrogens (tertiary/aromatic N) is 3. The van der Waals surface area contributed by atoms with Crippen LogP contribution in [-0.2, 0) is 4.79 Å². The van der Waals surface area contributed by atoms with Gasteiger partial charge in [0.15, 0.2) is 0 Å². The summed E-state index contributed by atoms with van der Waals surface area (Å²) in [7, 11) is 0. The lowest BCUT2D eigenvalue weighted by Crippen LogP contribution is -2.55. The second-order valence-corrected chi connectivity index (χ2v) is 11.0. The van der Waals surface area contributed by atoms with E-state index in [9.17, 15) is 4.79 Å². The molecule has 1 aromatic rings. The maximum absolute atomic E-state index is 13.1. The van der Waals surface area contributed by atoms with Gasteiger partial charge >= 0.3 is 0 Å². The highest BCUT2D eigenvalue weighted by atomic mass is 79.9. The Labute approximate surface area is 164 Å². The van der Waals surface area contributed by atoms with Crippen LogP contribution in [-0.4, -0.2) is 46.3 Å². The highest BCUT2D eigenvalue weighted by Crippen LogP contribution is 2.65. The van der Waals surface area contributed by atoms with Gasteiger partial charge in [-0.2, -0.15) is 0 Å². The molecule has 2 heterocycles. The predicted molar refractivity (Wildman–Crippen MR) is 106 cm³/mol. The standard InChI is InChI=1S/C21H28BrN3O/c22-21-12-16-9-17(13-21)11-20(10-16,15-21)14-19(26)25-7-5-24(6-8-25)18-3-1-2-4-23-18/h1-4,16-17H,5-15H2/t16-,17-,20?,21?/m1/s1. The van der Waals surface area contributed by atoms with E-state index < -0.39 is 0 Å². The Bertz CT molecular complexity index is 672. The van der Waals surface area contributed by atoms with Crippen molar-refractivity contribution < 1.29 is 4.79 Å². The Morgan fingerprint density at radius 3 is 2.46 bits per heavy atom. The summed E-state index contributed by atoms with van der Waals surface area (Å²) in [6, 6.07) is 6.04. The summed E-state index contributed by atoms with van der Waals surface area (Å²) in [5.74, 6) is 3.12. The fraction of sp³-hybridized carbons (Fsp3) is 0.714. The summed E-state index contributed by atoms with van der Waals surface area (Å²) in [5, 5.41) is 0. The molecule has 1 saturated heterocycles. The van der Waals surface area contributed by atoms with Gasteiger partial charge in [-0.15, -0.1) is 0 Å². The Morgan fingerprint density at radius 2 is 1.85 bits per heavy atom. The van der Waals surface area contributed by atoms with Gasteiger partial charge in [0, 0.05) is 43.1 Å². The molecule has 5 aliphatic rings. The first-order valence-electron chi connectivity index (χ1n) is 10.2. The number of hydrogen-bond acceptors (Lipinski definition) is 3. The Morgan fingerprint density at radius 1 is 1.12 bits per heavy atom. The predicted octanol–water partition coefficient (Wildman–Crippen LogP) is 3.85. The lowest BCUT2D eigenvalue weighted by molar-refractivity contribution is -0.138. The van der Waals surface area contributed by atoms with Crippen molar-refractivity contribution in [3.8, 4) is 0 Å². The van der Waals surface area contributed by atoms with Crippen molar-refractivity contribution in [2.24, 2.45) is 17.3 Å². The normalized spacial score (nSPS) is 38.7. The van der Waals surface area contributed by atoms with Gasteiger partial charge < -0.3 is 9.80 Å². The molecule has 0 aromatic carbocycles. The SMILES string of the molecule is O=C(CC12C[C@H]3C[C@@H](CC(Br)(C3)C1)C2)N1CCN(c2ccccn2)CC1. The van der Waals surface area contributed by atoms with Crippen LogP contribution >= 0.6 is 15.9 Å². The van der Waals surface area contributed by atoms with Gasteiger partial charge in [0.2, 0.25) is 5.91 Å². The van der Waals surface area contributed by atoms with Crippen LogP contribution in [0.1, 0.15) is 44.9 Å². The Balaban J connectivity index is 1.22. The molecule has 1 aliphatic heterocycles. The summed E-state index contributed by atoms with van der Waals surface area (Å²) < 4.78 is 0.342. The minimum atomic E-state index is 0.281. The van der Waals surface area contributed by atoms with E-state index in [1.807, 2.05) is 18.3 Å². The summed E-state index contributed by atoms with van der Waals surface area (Å²) in [5.41, 5.74) is 0.281. The first-order chi connectivity index (χ1) is 12.5. The molecule has 0 spiro atoms. The minimum absolute atomic E-state index is 0.281. The van der Waals surface area contributed by atoms with Crippen LogP contribution in [0.4, 0.5) is 5.82 Å². The summed E-state index contributed by atoms with van der Waals surface area (Å²) in [6.07, 6.45) is 10.5. The molecule has 0 unspecified atom stereocenters. The zero-order valence-corrected chi connectivity index (χ0v) is 17.0. The molecule has 2 atom stereocenters. The summed E-state index contributed by atoms with van der Waals surface area (Å²) >= 11 is 4.07. The number of carbonyl (C=O) groups excluding carboxylic acids is 1. The number of rotatable bonds is 3. The maximum Gasteiger partial charge on any atom is 0.223 e. The van der Waals surface area contributed by atoms with Crippen LogP contribution in [0.15, 0.2) is 24.4 Å². The molecule has 5 fully saturated rings. The zero-order valence-electron chi connectivity index (χ0n) is 15.4. The number of halogens is 1. The van der Waals surface area contributed by atoms with Crippen molar-refractivity contribution in [3.05, 3.63) is 24.4 Å². The number of carbonyl (C=O) groups is 1. The van der Waals surface area contributed by atoms with Crippen LogP contribution in [0.25, 0.3) is 0 Å². The van der Waals surface area contributed by atoms with Gasteiger partial charge in [0.1, 0.15) is 5.82 Å². The van der Waals surface area contributed by atoms with E-state index in [-0.39, 0.29) is 5.41 Å². The van der Waals surface area contributed by atoms with Crippen LogP contribution in [0.2, 0.25) is 0 Å². The molecular formula is C21H28BrN3O. The second-order valence-electron chi connectivity index (χ2n) is 9.34. The second kappa shape index (κ2) is 6.22. The van der Waals surface area contributed by atoms with Crippen molar-refractivity contribution in [3.63, 3.8) is 0 Å². The number of piperazine rings is 1. The lowest BCUT2D eigenvalue weighted by atomic mass is 9.48. The molecule has 26 heavy (non-hydrogen) atoms. The van der Waals surface area contributed by atoms with E-state index in [1.54, 1.807) is 0 Å². The number of alkyl halides is 1. The molecule has 6 rings (SSSR count). The highest BCUT2D eigenvalue weighted by molar-refractivity contribution is 9.10. The molecule has 5 heteroatoms. The molecule has 140 valence electrons. The Kier molecular flexibility index (Phi) is 4.07. The van der Waals surface area contributed by atoms with E-state index in [2.05, 4.69) is 36.8 Å². The average Bonchev–Trinajstić information content (AvgIpc) is 2.60. The molecule has 4 nitrogen and oxygen atoms in total. The molecule has 1 aromatic heterocycles. The highest BCUT2D eigenvalue weighted by Gasteiger charge is 2.57. The van der Waals surface area contributed by atoms with Gasteiger partial charge in [-0.1, -0.05) is 22.0 Å². The molecule has 4 bridgehead atoms. The van der Waals surface area contributed by atoms with Crippen LogP contribution in [0.3, 0.4) is 0 Å². The van der Waals surface area contributed by atoms with Crippen LogP contribution in [0.5, 0.6) is 0 Å². The van der Waals surface area contributed by atoms with Gasteiger partial charge in [-0.25, -0.2) is 4.98 Å². The quantitative estimate of drug-likeness (QED) is 0.700. The maximum atomic E-state index is 13.1. The van der Waals surface area contributed by atoms with Crippen LogP contribution in [0, 0.1) is 17.3 Å².